The molecule has 2 aromatic carbocycles. The highest BCUT2D eigenvalue weighted by Crippen LogP contribution is 2.27. The molecule has 0 radical (unpaired) electrons. The fourth-order valence-electron chi connectivity index (χ4n) is 2.65. The van der Waals surface area contributed by atoms with E-state index in [1.807, 2.05) is 41.3 Å². The molecule has 0 unspecified atom stereocenters. The van der Waals surface area contributed by atoms with E-state index in [4.69, 9.17) is 11.6 Å². The number of benzene rings is 2. The molecule has 0 saturated carbocycles. The average molecular weight is 301 g/mol. The molecular weight excluding hydrogens is 284 g/mol. The van der Waals surface area contributed by atoms with Gasteiger partial charge in [-0.15, -0.1) is 0 Å². The van der Waals surface area contributed by atoms with Gasteiger partial charge in [0.15, 0.2) is 0 Å². The molecule has 3 rings (SSSR count). The number of amides is 2. The molecular formula is C17H17ClN2O. The molecule has 1 N–H and O–H groups in total. The SMILES string of the molecule is O=C(Nc1ccccc1Cl)N1CCCCc2ccccc21. The molecule has 0 saturated heterocycles. The van der Waals surface area contributed by atoms with Gasteiger partial charge in [0.2, 0.25) is 0 Å². The molecule has 0 fully saturated rings. The molecule has 0 bridgehead atoms. The molecule has 4 heteroatoms. The van der Waals surface area contributed by atoms with Crippen LogP contribution >= 0.6 is 11.6 Å². The van der Waals surface area contributed by atoms with E-state index in [1.165, 1.54) is 5.56 Å². The Hall–Kier alpha value is -2.00. The van der Waals surface area contributed by atoms with Crippen molar-refractivity contribution < 1.29 is 4.79 Å². The van der Waals surface area contributed by atoms with Crippen molar-refractivity contribution in [3.05, 3.63) is 59.1 Å². The van der Waals surface area contributed by atoms with E-state index in [2.05, 4.69) is 11.4 Å². The van der Waals surface area contributed by atoms with Gasteiger partial charge in [0.1, 0.15) is 0 Å². The molecule has 0 atom stereocenters. The van der Waals surface area contributed by atoms with E-state index in [1.54, 1.807) is 6.07 Å². The van der Waals surface area contributed by atoms with Crippen LogP contribution in [-0.2, 0) is 6.42 Å². The zero-order chi connectivity index (χ0) is 14.7. The molecule has 3 nitrogen and oxygen atoms in total. The van der Waals surface area contributed by atoms with Crippen molar-refractivity contribution in [2.24, 2.45) is 0 Å². The monoisotopic (exact) mass is 300 g/mol. The normalized spacial score (nSPS) is 14.2. The summed E-state index contributed by atoms with van der Waals surface area (Å²) in [6.45, 7) is 0.729. The molecule has 0 spiro atoms. The predicted octanol–water partition coefficient (Wildman–Crippen LogP) is 4.71. The minimum absolute atomic E-state index is 0.127. The Bertz CT molecular complexity index is 657. The van der Waals surface area contributed by atoms with Crippen molar-refractivity contribution >= 4 is 29.0 Å². The first-order chi connectivity index (χ1) is 10.3. The summed E-state index contributed by atoms with van der Waals surface area (Å²) in [5.41, 5.74) is 2.87. The Labute approximate surface area is 129 Å². The van der Waals surface area contributed by atoms with Crippen LogP contribution in [0.2, 0.25) is 5.02 Å². The minimum atomic E-state index is -0.127. The lowest BCUT2D eigenvalue weighted by Gasteiger charge is -2.23. The second-order valence-corrected chi connectivity index (χ2v) is 5.55. The van der Waals surface area contributed by atoms with E-state index in [-0.39, 0.29) is 6.03 Å². The van der Waals surface area contributed by atoms with Crippen molar-refractivity contribution in [2.45, 2.75) is 19.3 Å². The average Bonchev–Trinajstić information content (AvgIpc) is 2.72. The summed E-state index contributed by atoms with van der Waals surface area (Å²) in [6, 6.07) is 15.3. The number of anilines is 2. The third-order valence-electron chi connectivity index (χ3n) is 3.72. The van der Waals surface area contributed by atoms with Crippen LogP contribution in [0.3, 0.4) is 0 Å². The highest BCUT2D eigenvalue weighted by molar-refractivity contribution is 6.33. The van der Waals surface area contributed by atoms with Crippen LogP contribution in [0, 0.1) is 0 Å². The maximum absolute atomic E-state index is 12.6. The molecule has 1 heterocycles. The maximum Gasteiger partial charge on any atom is 0.326 e. The zero-order valence-electron chi connectivity index (χ0n) is 11.7. The molecule has 2 amide bonds. The van der Waals surface area contributed by atoms with Crippen molar-refractivity contribution in [3.8, 4) is 0 Å². The molecule has 0 aliphatic carbocycles. The Morgan fingerprint density at radius 2 is 1.81 bits per heavy atom. The van der Waals surface area contributed by atoms with Crippen LogP contribution in [0.15, 0.2) is 48.5 Å². The van der Waals surface area contributed by atoms with Crippen LogP contribution in [-0.4, -0.2) is 12.6 Å². The van der Waals surface area contributed by atoms with Gasteiger partial charge in [-0.3, -0.25) is 4.90 Å². The van der Waals surface area contributed by atoms with Gasteiger partial charge in [-0.1, -0.05) is 41.9 Å². The third kappa shape index (κ3) is 3.03. The number of nitrogens with zero attached hydrogens (tertiary/aromatic N) is 1. The third-order valence-corrected chi connectivity index (χ3v) is 4.05. The van der Waals surface area contributed by atoms with Crippen LogP contribution < -0.4 is 10.2 Å². The zero-order valence-corrected chi connectivity index (χ0v) is 12.4. The number of aryl methyl sites for hydroxylation is 1. The predicted molar refractivity (Wildman–Crippen MR) is 87.2 cm³/mol. The number of rotatable bonds is 1. The lowest BCUT2D eigenvalue weighted by atomic mass is 10.1. The smallest absolute Gasteiger partial charge is 0.306 e. The summed E-state index contributed by atoms with van der Waals surface area (Å²) in [4.78, 5) is 14.4. The van der Waals surface area contributed by atoms with E-state index in [0.717, 1.165) is 31.5 Å². The number of hydrogen-bond donors (Lipinski definition) is 1. The summed E-state index contributed by atoms with van der Waals surface area (Å²) in [5.74, 6) is 0. The molecule has 1 aliphatic heterocycles. The maximum atomic E-state index is 12.6. The Kier molecular flexibility index (Phi) is 4.11. The quantitative estimate of drug-likeness (QED) is 0.812. The van der Waals surface area contributed by atoms with Gasteiger partial charge < -0.3 is 5.32 Å². The highest BCUT2D eigenvalue weighted by atomic mass is 35.5. The standard InChI is InChI=1S/C17H17ClN2O/c18-14-9-2-3-10-15(14)19-17(21)20-12-6-5-8-13-7-1-4-11-16(13)20/h1-4,7,9-11H,5-6,8,12H2,(H,19,21). The number of carbonyl (C=O) groups is 1. The largest absolute Gasteiger partial charge is 0.326 e. The number of carbonyl (C=O) groups excluding carboxylic acids is 1. The van der Waals surface area contributed by atoms with Crippen LogP contribution in [0.5, 0.6) is 0 Å². The number of urea groups is 1. The van der Waals surface area contributed by atoms with Gasteiger partial charge in [0.05, 0.1) is 10.7 Å². The molecule has 21 heavy (non-hydrogen) atoms. The first-order valence-electron chi connectivity index (χ1n) is 7.16. The van der Waals surface area contributed by atoms with E-state index < -0.39 is 0 Å². The summed E-state index contributed by atoms with van der Waals surface area (Å²) in [7, 11) is 0. The fourth-order valence-corrected chi connectivity index (χ4v) is 2.83. The number of halogens is 1. The first-order valence-corrected chi connectivity index (χ1v) is 7.54. The minimum Gasteiger partial charge on any atom is -0.306 e. The fraction of sp³-hybridized carbons (Fsp3) is 0.235. The van der Waals surface area contributed by atoms with E-state index >= 15 is 0 Å². The van der Waals surface area contributed by atoms with Crippen LogP contribution in [0.1, 0.15) is 18.4 Å². The Morgan fingerprint density at radius 3 is 2.67 bits per heavy atom. The topological polar surface area (TPSA) is 32.3 Å². The van der Waals surface area contributed by atoms with Gasteiger partial charge in [-0.2, -0.15) is 0 Å². The van der Waals surface area contributed by atoms with Crippen molar-refractivity contribution in [3.63, 3.8) is 0 Å². The number of para-hydroxylation sites is 2. The Morgan fingerprint density at radius 1 is 1.05 bits per heavy atom. The molecule has 2 aromatic rings. The summed E-state index contributed by atoms with van der Waals surface area (Å²) < 4.78 is 0. The molecule has 0 aromatic heterocycles. The second kappa shape index (κ2) is 6.19. The lowest BCUT2D eigenvalue weighted by Crippen LogP contribution is -2.35. The van der Waals surface area contributed by atoms with Gasteiger partial charge in [0, 0.05) is 12.2 Å². The molecule has 108 valence electrons. The summed E-state index contributed by atoms with van der Waals surface area (Å²) >= 11 is 6.11. The summed E-state index contributed by atoms with van der Waals surface area (Å²) in [5, 5.41) is 3.45. The van der Waals surface area contributed by atoms with Crippen molar-refractivity contribution in [1.82, 2.24) is 0 Å². The lowest BCUT2D eigenvalue weighted by molar-refractivity contribution is 0.257. The van der Waals surface area contributed by atoms with Crippen molar-refractivity contribution in [1.29, 1.82) is 0 Å². The summed E-state index contributed by atoms with van der Waals surface area (Å²) in [6.07, 6.45) is 3.13. The number of nitrogens with one attached hydrogen (secondary N) is 1. The highest BCUT2D eigenvalue weighted by Gasteiger charge is 2.21. The van der Waals surface area contributed by atoms with Gasteiger partial charge in [-0.25, -0.2) is 4.79 Å². The van der Waals surface area contributed by atoms with Gasteiger partial charge in [-0.05, 0) is 43.0 Å². The first kappa shape index (κ1) is 14.0. The second-order valence-electron chi connectivity index (χ2n) is 5.15. The van der Waals surface area contributed by atoms with Crippen molar-refractivity contribution in [2.75, 3.05) is 16.8 Å². The Balaban J connectivity index is 1.86. The molecule has 1 aliphatic rings. The van der Waals surface area contributed by atoms with Gasteiger partial charge >= 0.3 is 6.03 Å². The van der Waals surface area contributed by atoms with E-state index in [9.17, 15) is 4.79 Å². The number of hydrogen-bond acceptors (Lipinski definition) is 1. The van der Waals surface area contributed by atoms with E-state index in [0.29, 0.717) is 10.7 Å². The van der Waals surface area contributed by atoms with Crippen LogP contribution in [0.4, 0.5) is 16.2 Å². The van der Waals surface area contributed by atoms with Crippen LogP contribution in [0.25, 0.3) is 0 Å². The van der Waals surface area contributed by atoms with Gasteiger partial charge in [0.25, 0.3) is 0 Å². The number of fused-ring (bicyclic) bond motifs is 1.